The minimum Gasteiger partial charge on any atom is -0.358 e. The molecule has 0 saturated carbocycles. The molecule has 3 heteroatoms. The minimum absolute atomic E-state index is 0.238. The van der Waals surface area contributed by atoms with Gasteiger partial charge in [-0.3, -0.25) is 4.79 Å². The summed E-state index contributed by atoms with van der Waals surface area (Å²) in [5.74, 6) is 0.238. The maximum absolute atomic E-state index is 12.9. The van der Waals surface area contributed by atoms with Crippen molar-refractivity contribution in [3.8, 4) is 0 Å². The van der Waals surface area contributed by atoms with Crippen LogP contribution in [-0.4, -0.2) is 30.4 Å². The summed E-state index contributed by atoms with van der Waals surface area (Å²) in [6.45, 7) is 4.47. The Morgan fingerprint density at radius 3 is 2.60 bits per heavy atom. The number of carbonyl (C=O) groups is 1. The zero-order chi connectivity index (χ0) is 17.2. The van der Waals surface area contributed by atoms with Crippen molar-refractivity contribution in [1.82, 2.24) is 4.98 Å². The van der Waals surface area contributed by atoms with E-state index in [9.17, 15) is 4.79 Å². The van der Waals surface area contributed by atoms with Gasteiger partial charge in [0.05, 0.1) is 18.7 Å². The predicted molar refractivity (Wildman–Crippen MR) is 102 cm³/mol. The number of carbonyl (C=O) groups excluding carboxylic acids is 1. The lowest BCUT2D eigenvalue weighted by atomic mass is 9.99. The van der Waals surface area contributed by atoms with Crippen LogP contribution in [-0.2, 0) is 0 Å². The molecule has 1 aliphatic heterocycles. The molecule has 1 unspecified atom stereocenters. The molecular formula is C22H23N2O+. The molecule has 0 aliphatic carbocycles. The lowest BCUT2D eigenvalue weighted by Crippen LogP contribution is -3.13. The standard InChI is InChI=1S/C22H22N2O/c1-16-22(19-9-5-6-10-20(19)23-16)21(25)15-24-13-11-18(12-14-24)17-7-3-2-4-8-17/h2-11,23H,12-15H2,1H3/p+1. The van der Waals surface area contributed by atoms with Gasteiger partial charge in [0.2, 0.25) is 5.78 Å². The van der Waals surface area contributed by atoms with E-state index in [0.717, 1.165) is 41.7 Å². The highest BCUT2D eigenvalue weighted by atomic mass is 16.1. The number of benzene rings is 2. The van der Waals surface area contributed by atoms with Crippen LogP contribution in [0.4, 0.5) is 0 Å². The Kier molecular flexibility index (Phi) is 4.24. The summed E-state index contributed by atoms with van der Waals surface area (Å²) in [7, 11) is 0. The zero-order valence-corrected chi connectivity index (χ0v) is 14.5. The fourth-order valence-corrected chi connectivity index (χ4v) is 3.81. The number of para-hydroxylation sites is 1. The van der Waals surface area contributed by atoms with Gasteiger partial charge in [-0.25, -0.2) is 0 Å². The van der Waals surface area contributed by atoms with Crippen LogP contribution in [0.1, 0.15) is 28.0 Å². The summed E-state index contributed by atoms with van der Waals surface area (Å²) in [5, 5.41) is 1.04. The van der Waals surface area contributed by atoms with Gasteiger partial charge < -0.3 is 9.88 Å². The molecule has 1 aliphatic rings. The lowest BCUT2D eigenvalue weighted by Gasteiger charge is -2.23. The van der Waals surface area contributed by atoms with E-state index in [1.165, 1.54) is 16.0 Å². The van der Waals surface area contributed by atoms with Gasteiger partial charge in [0.1, 0.15) is 6.54 Å². The highest BCUT2D eigenvalue weighted by Gasteiger charge is 2.23. The first-order valence-electron chi connectivity index (χ1n) is 8.91. The summed E-state index contributed by atoms with van der Waals surface area (Å²) in [5.41, 5.74) is 5.59. The summed E-state index contributed by atoms with van der Waals surface area (Å²) < 4.78 is 0. The van der Waals surface area contributed by atoms with Crippen molar-refractivity contribution in [1.29, 1.82) is 0 Å². The molecule has 1 atom stereocenters. The molecule has 2 aromatic carbocycles. The van der Waals surface area contributed by atoms with Crippen molar-refractivity contribution in [3.63, 3.8) is 0 Å². The Labute approximate surface area is 148 Å². The number of aromatic amines is 1. The van der Waals surface area contributed by atoms with Crippen LogP contribution in [0.25, 0.3) is 16.5 Å². The number of nitrogens with one attached hydrogen (secondary N) is 2. The molecular weight excluding hydrogens is 308 g/mol. The number of hydrogen-bond donors (Lipinski definition) is 2. The third-order valence-electron chi connectivity index (χ3n) is 5.11. The van der Waals surface area contributed by atoms with Crippen molar-refractivity contribution >= 4 is 22.3 Å². The largest absolute Gasteiger partial charge is 0.358 e. The number of ketones is 1. The van der Waals surface area contributed by atoms with Crippen LogP contribution < -0.4 is 4.90 Å². The van der Waals surface area contributed by atoms with Gasteiger partial charge in [-0.1, -0.05) is 48.5 Å². The highest BCUT2D eigenvalue weighted by Crippen LogP contribution is 2.22. The number of aryl methyl sites for hydroxylation is 1. The molecule has 3 nitrogen and oxygen atoms in total. The molecule has 0 fully saturated rings. The van der Waals surface area contributed by atoms with Crippen LogP contribution in [0.15, 0.2) is 60.7 Å². The fourth-order valence-electron chi connectivity index (χ4n) is 3.81. The van der Waals surface area contributed by atoms with Gasteiger partial charge in [0.15, 0.2) is 0 Å². The Hall–Kier alpha value is -2.65. The van der Waals surface area contributed by atoms with E-state index in [-0.39, 0.29) is 5.78 Å². The van der Waals surface area contributed by atoms with E-state index in [1.807, 2.05) is 37.3 Å². The Morgan fingerprint density at radius 1 is 1.08 bits per heavy atom. The normalized spacial score (nSPS) is 17.5. The molecule has 25 heavy (non-hydrogen) atoms. The van der Waals surface area contributed by atoms with Crippen molar-refractivity contribution in [2.45, 2.75) is 13.3 Å². The number of quaternary nitrogens is 1. The third-order valence-corrected chi connectivity index (χ3v) is 5.11. The van der Waals surface area contributed by atoms with Crippen LogP contribution in [0.3, 0.4) is 0 Å². The van der Waals surface area contributed by atoms with Gasteiger partial charge in [-0.05, 0) is 30.2 Å². The Morgan fingerprint density at radius 2 is 1.84 bits per heavy atom. The third kappa shape index (κ3) is 3.15. The first-order chi connectivity index (χ1) is 12.2. The molecule has 2 heterocycles. The smallest absolute Gasteiger partial charge is 0.219 e. The van der Waals surface area contributed by atoms with Crippen molar-refractivity contribution in [2.24, 2.45) is 0 Å². The van der Waals surface area contributed by atoms with Gasteiger partial charge >= 0.3 is 0 Å². The number of aromatic nitrogens is 1. The zero-order valence-electron chi connectivity index (χ0n) is 14.5. The average molecular weight is 331 g/mol. The SMILES string of the molecule is Cc1[nH]c2ccccc2c1C(=O)C[NH+]1CC=C(c2ccccc2)CC1. The molecule has 0 saturated heterocycles. The molecule has 3 aromatic rings. The maximum Gasteiger partial charge on any atom is 0.219 e. The van der Waals surface area contributed by atoms with E-state index in [4.69, 9.17) is 0 Å². The molecule has 0 spiro atoms. The summed E-state index contributed by atoms with van der Waals surface area (Å²) in [6.07, 6.45) is 3.32. The van der Waals surface area contributed by atoms with E-state index < -0.39 is 0 Å². The Bertz CT molecular complexity index is 937. The van der Waals surface area contributed by atoms with E-state index >= 15 is 0 Å². The lowest BCUT2D eigenvalue weighted by molar-refractivity contribution is -0.886. The number of hydrogen-bond acceptors (Lipinski definition) is 1. The van der Waals surface area contributed by atoms with E-state index in [0.29, 0.717) is 6.54 Å². The number of rotatable bonds is 4. The quantitative estimate of drug-likeness (QED) is 0.709. The van der Waals surface area contributed by atoms with Crippen LogP contribution in [0.2, 0.25) is 0 Å². The summed E-state index contributed by atoms with van der Waals surface area (Å²) >= 11 is 0. The van der Waals surface area contributed by atoms with Gasteiger partial charge in [-0.2, -0.15) is 0 Å². The van der Waals surface area contributed by atoms with Crippen molar-refractivity contribution in [2.75, 3.05) is 19.6 Å². The second-order valence-corrected chi connectivity index (χ2v) is 6.82. The molecule has 4 rings (SSSR count). The minimum atomic E-state index is 0.238. The molecule has 0 amide bonds. The molecule has 0 bridgehead atoms. The van der Waals surface area contributed by atoms with Crippen LogP contribution >= 0.6 is 0 Å². The maximum atomic E-state index is 12.9. The summed E-state index contributed by atoms with van der Waals surface area (Å²) in [4.78, 5) is 17.6. The van der Waals surface area contributed by atoms with Crippen molar-refractivity contribution < 1.29 is 9.69 Å². The van der Waals surface area contributed by atoms with Gasteiger partial charge in [-0.15, -0.1) is 0 Å². The number of Topliss-reactive ketones (excluding diaryl/α,β-unsaturated/α-hetero) is 1. The average Bonchev–Trinajstić information content (AvgIpc) is 2.99. The molecule has 2 N–H and O–H groups in total. The van der Waals surface area contributed by atoms with Crippen molar-refractivity contribution in [3.05, 3.63) is 77.5 Å². The van der Waals surface area contributed by atoms with Gasteiger partial charge in [0, 0.05) is 23.0 Å². The molecule has 126 valence electrons. The van der Waals surface area contributed by atoms with Gasteiger partial charge in [0.25, 0.3) is 0 Å². The van der Waals surface area contributed by atoms with Crippen LogP contribution in [0, 0.1) is 6.92 Å². The first-order valence-corrected chi connectivity index (χ1v) is 8.91. The van der Waals surface area contributed by atoms with E-state index in [2.05, 4.69) is 35.3 Å². The van der Waals surface area contributed by atoms with E-state index in [1.54, 1.807) is 0 Å². The number of H-pyrrole nitrogens is 1. The summed E-state index contributed by atoms with van der Waals surface area (Å²) in [6, 6.07) is 18.6. The molecule has 0 radical (unpaired) electrons. The monoisotopic (exact) mass is 331 g/mol. The second-order valence-electron chi connectivity index (χ2n) is 6.82. The fraction of sp³-hybridized carbons (Fsp3) is 0.227. The molecule has 1 aromatic heterocycles. The second kappa shape index (κ2) is 6.69. The first kappa shape index (κ1) is 15.9. The topological polar surface area (TPSA) is 37.3 Å². The highest BCUT2D eigenvalue weighted by molar-refractivity contribution is 6.09. The Balaban J connectivity index is 1.49. The number of fused-ring (bicyclic) bond motifs is 1. The predicted octanol–water partition coefficient (Wildman–Crippen LogP) is 3.03. The van der Waals surface area contributed by atoms with Crippen LogP contribution in [0.5, 0.6) is 0 Å².